The number of carbonyl (C=O) groups excluding carboxylic acids is 1. The van der Waals surface area contributed by atoms with Crippen LogP contribution in [0.4, 0.5) is 10.5 Å². The Labute approximate surface area is 146 Å². The summed E-state index contributed by atoms with van der Waals surface area (Å²) in [6.45, 7) is 9.92. The van der Waals surface area contributed by atoms with Gasteiger partial charge in [0.25, 0.3) is 0 Å². The number of nitrogens with one attached hydrogen (secondary N) is 1. The largest absolute Gasteiger partial charge is 0.325 e. The van der Waals surface area contributed by atoms with E-state index in [4.69, 9.17) is 0 Å². The quantitative estimate of drug-likeness (QED) is 0.911. The third kappa shape index (κ3) is 4.73. The fraction of sp³-hybridized carbons (Fsp3) is 0.650. The Kier molecular flexibility index (Phi) is 5.77. The lowest BCUT2D eigenvalue weighted by molar-refractivity contribution is 0.125. The van der Waals surface area contributed by atoms with Gasteiger partial charge in [0.2, 0.25) is 0 Å². The molecule has 1 atom stereocenters. The topological polar surface area (TPSA) is 35.6 Å². The summed E-state index contributed by atoms with van der Waals surface area (Å²) in [4.78, 5) is 17.0. The maximum absolute atomic E-state index is 12.4. The van der Waals surface area contributed by atoms with Gasteiger partial charge in [-0.15, -0.1) is 0 Å². The van der Waals surface area contributed by atoms with Crippen molar-refractivity contribution in [3.05, 3.63) is 29.8 Å². The van der Waals surface area contributed by atoms with Crippen molar-refractivity contribution in [3.8, 4) is 0 Å². The van der Waals surface area contributed by atoms with Gasteiger partial charge in [-0.1, -0.05) is 24.6 Å². The van der Waals surface area contributed by atoms with E-state index in [9.17, 15) is 4.79 Å². The van der Waals surface area contributed by atoms with Gasteiger partial charge in [-0.2, -0.15) is 0 Å². The molecule has 24 heavy (non-hydrogen) atoms. The van der Waals surface area contributed by atoms with Gasteiger partial charge in [0.1, 0.15) is 0 Å². The van der Waals surface area contributed by atoms with Gasteiger partial charge in [-0.05, 0) is 63.1 Å². The summed E-state index contributed by atoms with van der Waals surface area (Å²) in [5, 5.41) is 3.02. The Morgan fingerprint density at radius 3 is 2.50 bits per heavy atom. The molecular formula is C20H31N3O. The average Bonchev–Trinajstić information content (AvgIpc) is 2.57. The number of likely N-dealkylation sites (tertiary alicyclic amines) is 2. The Morgan fingerprint density at radius 2 is 1.83 bits per heavy atom. The lowest BCUT2D eigenvalue weighted by atomic mass is 9.94. The highest BCUT2D eigenvalue weighted by molar-refractivity contribution is 5.89. The van der Waals surface area contributed by atoms with Crippen molar-refractivity contribution in [2.45, 2.75) is 39.5 Å². The maximum atomic E-state index is 12.4. The van der Waals surface area contributed by atoms with E-state index in [1.807, 2.05) is 29.2 Å². The molecule has 1 N–H and O–H groups in total. The molecule has 0 unspecified atom stereocenters. The number of hydrogen-bond acceptors (Lipinski definition) is 2. The third-order valence-electron chi connectivity index (χ3n) is 5.46. The molecule has 0 bridgehead atoms. The van der Waals surface area contributed by atoms with Gasteiger partial charge in [0.05, 0.1) is 0 Å². The van der Waals surface area contributed by atoms with Crippen LogP contribution in [0.1, 0.15) is 38.2 Å². The van der Waals surface area contributed by atoms with Crippen molar-refractivity contribution < 1.29 is 4.79 Å². The van der Waals surface area contributed by atoms with E-state index in [2.05, 4.69) is 24.1 Å². The second-order valence-electron chi connectivity index (χ2n) is 7.73. The molecule has 2 aliphatic rings. The van der Waals surface area contributed by atoms with Crippen LogP contribution in [-0.2, 0) is 0 Å². The summed E-state index contributed by atoms with van der Waals surface area (Å²) >= 11 is 0. The van der Waals surface area contributed by atoms with E-state index in [-0.39, 0.29) is 6.03 Å². The van der Waals surface area contributed by atoms with Crippen molar-refractivity contribution in [1.29, 1.82) is 0 Å². The Bertz CT molecular complexity index is 534. The fourth-order valence-corrected chi connectivity index (χ4v) is 3.98. The summed E-state index contributed by atoms with van der Waals surface area (Å²) in [5.74, 6) is 1.60. The van der Waals surface area contributed by atoms with Crippen molar-refractivity contribution >= 4 is 11.7 Å². The Balaban J connectivity index is 1.42. The van der Waals surface area contributed by atoms with Gasteiger partial charge in [-0.3, -0.25) is 0 Å². The number of hydrogen-bond donors (Lipinski definition) is 1. The predicted octanol–water partition coefficient (Wildman–Crippen LogP) is 3.97. The molecular weight excluding hydrogens is 298 g/mol. The lowest BCUT2D eigenvalue weighted by Crippen LogP contribution is -2.44. The molecule has 0 saturated carbocycles. The zero-order valence-corrected chi connectivity index (χ0v) is 15.1. The average molecular weight is 329 g/mol. The molecule has 0 spiro atoms. The molecule has 2 aliphatic heterocycles. The first-order valence-corrected chi connectivity index (χ1v) is 9.45. The third-order valence-corrected chi connectivity index (χ3v) is 5.46. The highest BCUT2D eigenvalue weighted by Crippen LogP contribution is 2.23. The zero-order chi connectivity index (χ0) is 16.9. The van der Waals surface area contributed by atoms with Crippen LogP contribution in [-0.4, -0.2) is 48.6 Å². The van der Waals surface area contributed by atoms with Crippen LogP contribution in [0.3, 0.4) is 0 Å². The van der Waals surface area contributed by atoms with Crippen molar-refractivity contribution in [3.63, 3.8) is 0 Å². The first-order valence-electron chi connectivity index (χ1n) is 9.45. The minimum Gasteiger partial charge on any atom is -0.325 e. The molecule has 0 aromatic heterocycles. The van der Waals surface area contributed by atoms with Gasteiger partial charge in [0, 0.05) is 31.9 Å². The van der Waals surface area contributed by atoms with E-state index >= 15 is 0 Å². The maximum Gasteiger partial charge on any atom is 0.321 e. The molecule has 3 rings (SSSR count). The monoisotopic (exact) mass is 329 g/mol. The summed E-state index contributed by atoms with van der Waals surface area (Å²) in [6.07, 6.45) is 4.99. The summed E-state index contributed by atoms with van der Waals surface area (Å²) in [6, 6.07) is 8.04. The summed E-state index contributed by atoms with van der Waals surface area (Å²) in [7, 11) is 0. The molecule has 2 amide bonds. The van der Waals surface area contributed by atoms with Crippen LogP contribution in [0.5, 0.6) is 0 Å². The minimum absolute atomic E-state index is 0.0453. The molecule has 0 aliphatic carbocycles. The Morgan fingerprint density at radius 1 is 1.12 bits per heavy atom. The molecule has 2 heterocycles. The normalized spacial score (nSPS) is 23.2. The molecule has 2 fully saturated rings. The summed E-state index contributed by atoms with van der Waals surface area (Å²) in [5.41, 5.74) is 2.09. The van der Waals surface area contributed by atoms with Gasteiger partial charge >= 0.3 is 6.03 Å². The second kappa shape index (κ2) is 8.02. The van der Waals surface area contributed by atoms with Crippen LogP contribution >= 0.6 is 0 Å². The van der Waals surface area contributed by atoms with E-state index < -0.39 is 0 Å². The lowest BCUT2D eigenvalue weighted by Gasteiger charge is -2.37. The molecule has 0 radical (unpaired) electrons. The number of nitrogens with zero attached hydrogens (tertiary/aromatic N) is 2. The van der Waals surface area contributed by atoms with Gasteiger partial charge in [-0.25, -0.2) is 4.79 Å². The number of anilines is 1. The van der Waals surface area contributed by atoms with Crippen LogP contribution in [0, 0.1) is 18.8 Å². The predicted molar refractivity (Wildman–Crippen MR) is 99.3 cm³/mol. The molecule has 1 aromatic rings. The highest BCUT2D eigenvalue weighted by atomic mass is 16.2. The molecule has 1 aromatic carbocycles. The fourth-order valence-electron chi connectivity index (χ4n) is 3.98. The van der Waals surface area contributed by atoms with E-state index in [1.54, 1.807) is 0 Å². The SMILES string of the molecule is Cc1ccc(NC(=O)N2CCC(CN3CCC[C@@H](C)C3)CC2)cc1. The van der Waals surface area contributed by atoms with Gasteiger partial charge in [0.15, 0.2) is 0 Å². The van der Waals surface area contributed by atoms with Gasteiger partial charge < -0.3 is 15.1 Å². The smallest absolute Gasteiger partial charge is 0.321 e. The minimum atomic E-state index is 0.0453. The standard InChI is InChI=1S/C20H31N3O/c1-16-5-7-19(8-6-16)21-20(24)23-12-9-18(10-13-23)15-22-11-3-4-17(2)14-22/h5-8,17-18H,3-4,9-15H2,1-2H3,(H,21,24)/t17-/m1/s1. The van der Waals surface area contributed by atoms with Crippen LogP contribution in [0.15, 0.2) is 24.3 Å². The van der Waals surface area contributed by atoms with Crippen LogP contribution in [0.2, 0.25) is 0 Å². The number of urea groups is 1. The number of piperidine rings is 2. The van der Waals surface area contributed by atoms with Crippen molar-refractivity contribution in [2.75, 3.05) is 38.0 Å². The number of benzene rings is 1. The molecule has 4 nitrogen and oxygen atoms in total. The zero-order valence-electron chi connectivity index (χ0n) is 15.1. The molecule has 2 saturated heterocycles. The number of amides is 2. The first-order chi connectivity index (χ1) is 11.6. The summed E-state index contributed by atoms with van der Waals surface area (Å²) < 4.78 is 0. The number of carbonyl (C=O) groups is 1. The molecule has 132 valence electrons. The van der Waals surface area contributed by atoms with E-state index in [0.717, 1.165) is 43.5 Å². The van der Waals surface area contributed by atoms with Crippen molar-refractivity contribution in [1.82, 2.24) is 9.80 Å². The highest BCUT2D eigenvalue weighted by Gasteiger charge is 2.25. The Hall–Kier alpha value is -1.55. The van der Waals surface area contributed by atoms with E-state index in [1.165, 1.54) is 38.0 Å². The van der Waals surface area contributed by atoms with E-state index in [0.29, 0.717) is 0 Å². The second-order valence-corrected chi connectivity index (χ2v) is 7.73. The first kappa shape index (κ1) is 17.3. The van der Waals surface area contributed by atoms with Crippen LogP contribution in [0.25, 0.3) is 0 Å². The van der Waals surface area contributed by atoms with Crippen molar-refractivity contribution in [2.24, 2.45) is 11.8 Å². The number of rotatable bonds is 3. The molecule has 4 heteroatoms. The number of aryl methyl sites for hydroxylation is 1. The van der Waals surface area contributed by atoms with Crippen LogP contribution < -0.4 is 5.32 Å².